The van der Waals surface area contributed by atoms with Crippen LogP contribution in [0.5, 0.6) is 0 Å². The number of aromatic nitrogens is 2. The molecule has 0 spiro atoms. The number of H-pyrrole nitrogens is 1. The zero-order valence-corrected chi connectivity index (χ0v) is 17.3. The number of rotatable bonds is 1. The monoisotopic (exact) mass is 427 g/mol. The summed E-state index contributed by atoms with van der Waals surface area (Å²) in [4.78, 5) is 33.3. The summed E-state index contributed by atoms with van der Waals surface area (Å²) < 4.78 is 1.37. The Morgan fingerprint density at radius 3 is 2.68 bits per heavy atom. The maximum atomic E-state index is 12.4. The lowest BCUT2D eigenvalue weighted by atomic mass is 9.70. The van der Waals surface area contributed by atoms with Crippen molar-refractivity contribution < 1.29 is 9.90 Å². The van der Waals surface area contributed by atoms with Crippen LogP contribution in [0.25, 0.3) is 10.2 Å². The van der Waals surface area contributed by atoms with E-state index in [9.17, 15) is 14.7 Å². The Morgan fingerprint density at radius 1 is 1.48 bits per heavy atom. The molecule has 0 bridgehead atoms. The first-order valence-electron chi connectivity index (χ1n) is 8.14. The molecule has 1 unspecified atom stereocenters. The van der Waals surface area contributed by atoms with Crippen molar-refractivity contribution >= 4 is 43.6 Å². The number of hydrogen-bond donors (Lipinski definition) is 2. The number of thiophene rings is 1. The highest BCUT2D eigenvalue weighted by atomic mass is 79.9. The lowest BCUT2D eigenvalue weighted by Crippen LogP contribution is -2.49. The number of halogens is 1. The molecule has 0 radical (unpaired) electrons. The second-order valence-electron chi connectivity index (χ2n) is 8.19. The van der Waals surface area contributed by atoms with Crippen LogP contribution in [0, 0.1) is 11.3 Å². The van der Waals surface area contributed by atoms with Gasteiger partial charge in [-0.25, -0.2) is 9.78 Å². The normalized spacial score (nSPS) is 23.4. The third-order valence-corrected chi connectivity index (χ3v) is 6.81. The second kappa shape index (κ2) is 5.81. The van der Waals surface area contributed by atoms with Crippen molar-refractivity contribution in [2.24, 2.45) is 11.3 Å². The zero-order chi connectivity index (χ0) is 18.7. The fourth-order valence-corrected chi connectivity index (χ4v) is 5.72. The SMILES string of the molecule is CC(C)(C)C1C[C@@H](c2nc3cc(Br)sc3c(=O)[nH]2)N(C(=O)O)C1(C)C. The van der Waals surface area contributed by atoms with Crippen LogP contribution >= 0.6 is 27.3 Å². The van der Waals surface area contributed by atoms with E-state index in [1.807, 2.05) is 13.8 Å². The molecule has 1 amide bonds. The number of amides is 1. The van der Waals surface area contributed by atoms with E-state index >= 15 is 0 Å². The molecule has 6 nitrogen and oxygen atoms in total. The van der Waals surface area contributed by atoms with E-state index in [0.717, 1.165) is 3.79 Å². The highest BCUT2D eigenvalue weighted by Gasteiger charge is 2.54. The number of nitrogens with zero attached hydrogens (tertiary/aromatic N) is 2. The molecule has 0 aromatic carbocycles. The van der Waals surface area contributed by atoms with Gasteiger partial charge in [0.25, 0.3) is 5.56 Å². The Hall–Kier alpha value is -1.41. The Bertz CT molecular complexity index is 897. The van der Waals surface area contributed by atoms with Gasteiger partial charge in [-0.05, 0) is 53.6 Å². The summed E-state index contributed by atoms with van der Waals surface area (Å²) in [6.07, 6.45) is -0.362. The summed E-state index contributed by atoms with van der Waals surface area (Å²) in [5, 5.41) is 9.85. The first kappa shape index (κ1) is 18.4. The summed E-state index contributed by atoms with van der Waals surface area (Å²) in [6.45, 7) is 10.3. The van der Waals surface area contributed by atoms with E-state index in [1.54, 1.807) is 6.07 Å². The van der Waals surface area contributed by atoms with Crippen LogP contribution in [0.3, 0.4) is 0 Å². The predicted molar refractivity (Wildman–Crippen MR) is 102 cm³/mol. The van der Waals surface area contributed by atoms with Crippen LogP contribution in [0.1, 0.15) is 52.9 Å². The summed E-state index contributed by atoms with van der Waals surface area (Å²) in [7, 11) is 0. The molecule has 1 saturated heterocycles. The molecule has 1 aliphatic heterocycles. The van der Waals surface area contributed by atoms with Crippen molar-refractivity contribution in [3.8, 4) is 0 Å². The molecule has 2 aromatic heterocycles. The van der Waals surface area contributed by atoms with E-state index < -0.39 is 17.7 Å². The van der Waals surface area contributed by atoms with Crippen LogP contribution in [0.4, 0.5) is 4.79 Å². The Labute approximate surface area is 158 Å². The van der Waals surface area contributed by atoms with Crippen LogP contribution in [-0.2, 0) is 0 Å². The average molecular weight is 428 g/mol. The summed E-state index contributed by atoms with van der Waals surface area (Å²) in [5.41, 5.74) is -0.254. The molecular weight excluding hydrogens is 406 g/mol. The van der Waals surface area contributed by atoms with E-state index in [4.69, 9.17) is 0 Å². The van der Waals surface area contributed by atoms with Crippen molar-refractivity contribution in [1.82, 2.24) is 14.9 Å². The first-order valence-corrected chi connectivity index (χ1v) is 9.75. The third kappa shape index (κ3) is 2.99. The topological polar surface area (TPSA) is 86.3 Å². The van der Waals surface area contributed by atoms with Crippen LogP contribution in [0.2, 0.25) is 0 Å². The van der Waals surface area contributed by atoms with E-state index in [2.05, 4.69) is 46.7 Å². The smallest absolute Gasteiger partial charge is 0.408 e. The van der Waals surface area contributed by atoms with Crippen LogP contribution in [-0.4, -0.2) is 31.6 Å². The van der Waals surface area contributed by atoms with Gasteiger partial charge >= 0.3 is 6.09 Å². The lowest BCUT2D eigenvalue weighted by Gasteiger charge is -2.41. The molecule has 0 aliphatic carbocycles. The van der Waals surface area contributed by atoms with Crippen molar-refractivity contribution in [2.45, 2.75) is 52.6 Å². The molecule has 25 heavy (non-hydrogen) atoms. The van der Waals surface area contributed by atoms with Gasteiger partial charge in [-0.15, -0.1) is 11.3 Å². The quantitative estimate of drug-likeness (QED) is 0.695. The predicted octanol–water partition coefficient (Wildman–Crippen LogP) is 4.61. The van der Waals surface area contributed by atoms with Crippen molar-refractivity contribution in [1.29, 1.82) is 0 Å². The van der Waals surface area contributed by atoms with Crippen molar-refractivity contribution in [2.75, 3.05) is 0 Å². The van der Waals surface area contributed by atoms with E-state index in [1.165, 1.54) is 16.2 Å². The van der Waals surface area contributed by atoms with Gasteiger partial charge in [0.05, 0.1) is 15.3 Å². The summed E-state index contributed by atoms with van der Waals surface area (Å²) >= 11 is 4.70. The number of hydrogen-bond acceptors (Lipinski definition) is 4. The highest BCUT2D eigenvalue weighted by Crippen LogP contribution is 2.52. The molecular formula is C17H22BrN3O3S. The second-order valence-corrected chi connectivity index (χ2v) is 10.6. The zero-order valence-electron chi connectivity index (χ0n) is 14.9. The van der Waals surface area contributed by atoms with E-state index in [-0.39, 0.29) is 16.9 Å². The number of likely N-dealkylation sites (tertiary alicyclic amines) is 1. The fourth-order valence-electron chi connectivity index (χ4n) is 4.30. The number of carbonyl (C=O) groups is 1. The summed E-state index contributed by atoms with van der Waals surface area (Å²) in [6, 6.07) is 1.33. The minimum absolute atomic E-state index is 0.0677. The van der Waals surface area contributed by atoms with Gasteiger partial charge < -0.3 is 10.1 Å². The van der Waals surface area contributed by atoms with Crippen LogP contribution in [0.15, 0.2) is 14.6 Å². The highest BCUT2D eigenvalue weighted by molar-refractivity contribution is 9.11. The molecule has 0 saturated carbocycles. The lowest BCUT2D eigenvalue weighted by molar-refractivity contribution is 0.0599. The minimum atomic E-state index is -0.990. The van der Waals surface area contributed by atoms with Gasteiger partial charge in [0.1, 0.15) is 10.5 Å². The molecule has 2 aromatic rings. The van der Waals surface area contributed by atoms with Crippen LogP contribution < -0.4 is 5.56 Å². The Kier molecular flexibility index (Phi) is 4.27. The van der Waals surface area contributed by atoms with E-state index in [0.29, 0.717) is 22.5 Å². The molecule has 1 aliphatic rings. The molecule has 2 N–H and O–H groups in total. The molecule has 3 heterocycles. The Morgan fingerprint density at radius 2 is 2.12 bits per heavy atom. The number of nitrogens with one attached hydrogen (secondary N) is 1. The minimum Gasteiger partial charge on any atom is -0.465 e. The van der Waals surface area contributed by atoms with Crippen molar-refractivity contribution in [3.05, 3.63) is 26.0 Å². The van der Waals surface area contributed by atoms with Gasteiger partial charge in [0, 0.05) is 5.54 Å². The average Bonchev–Trinajstić information content (AvgIpc) is 2.94. The third-order valence-electron chi connectivity index (χ3n) is 5.18. The van der Waals surface area contributed by atoms with Gasteiger partial charge in [-0.1, -0.05) is 20.8 Å². The molecule has 3 rings (SSSR count). The molecule has 2 atom stereocenters. The summed E-state index contributed by atoms with van der Waals surface area (Å²) in [5.74, 6) is 0.557. The maximum Gasteiger partial charge on any atom is 0.408 e. The van der Waals surface area contributed by atoms with Gasteiger partial charge in [-0.2, -0.15) is 0 Å². The van der Waals surface area contributed by atoms with Gasteiger partial charge in [-0.3, -0.25) is 9.69 Å². The number of aromatic amines is 1. The fraction of sp³-hybridized carbons (Fsp3) is 0.588. The first-order chi connectivity index (χ1) is 11.4. The van der Waals surface area contributed by atoms with Crippen molar-refractivity contribution in [3.63, 3.8) is 0 Å². The largest absolute Gasteiger partial charge is 0.465 e. The van der Waals surface area contributed by atoms with Gasteiger partial charge in [0.2, 0.25) is 0 Å². The Balaban J connectivity index is 2.15. The van der Waals surface area contributed by atoms with Gasteiger partial charge in [0.15, 0.2) is 0 Å². The molecule has 8 heteroatoms. The molecule has 1 fully saturated rings. The maximum absolute atomic E-state index is 12.4. The number of carboxylic acid groups (broad SMARTS) is 1. The molecule has 136 valence electrons. The standard InChI is InChI=1S/C17H22BrN3O3S/c1-16(2,3)10-7-9(21(15(23)24)17(10,4)5)13-19-8-6-11(18)25-12(8)14(22)20-13/h6,9-10H,7H2,1-5H3,(H,23,24)(H,19,20,22)/t9-,10?/m0/s1. The number of fused-ring (bicyclic) bond motifs is 1.